The number of benzene rings is 2. The van der Waals surface area contributed by atoms with Crippen molar-refractivity contribution in [2.24, 2.45) is 0 Å². The van der Waals surface area contributed by atoms with Gasteiger partial charge in [0.1, 0.15) is 6.04 Å². The Morgan fingerprint density at radius 1 is 1.03 bits per heavy atom. The molecule has 0 aromatic heterocycles. The zero-order valence-electron chi connectivity index (χ0n) is 17.4. The molecule has 0 saturated heterocycles. The molecule has 2 rings (SSSR count). The first-order valence-electron chi connectivity index (χ1n) is 9.26. The van der Waals surface area contributed by atoms with Crippen molar-refractivity contribution in [3.8, 4) is 0 Å². The summed E-state index contributed by atoms with van der Waals surface area (Å²) in [4.78, 5) is 12.8. The Morgan fingerprint density at radius 3 is 2.20 bits per heavy atom. The van der Waals surface area contributed by atoms with E-state index in [0.29, 0.717) is 4.31 Å². The number of amides is 1. The van der Waals surface area contributed by atoms with Gasteiger partial charge in [-0.3, -0.25) is 9.10 Å². The number of hydrogen-bond donors (Lipinski definition) is 1. The lowest BCUT2D eigenvalue weighted by atomic mass is 10.0. The zero-order valence-corrected chi connectivity index (χ0v) is 18.2. The second kappa shape index (κ2) is 8.67. The number of hydrogen-bond acceptors (Lipinski definition) is 3. The van der Waals surface area contributed by atoms with Gasteiger partial charge in [0, 0.05) is 0 Å². The van der Waals surface area contributed by atoms with E-state index in [4.69, 9.17) is 0 Å². The van der Waals surface area contributed by atoms with E-state index in [1.54, 1.807) is 6.92 Å². The Bertz CT molecular complexity index is 1040. The van der Waals surface area contributed by atoms with Gasteiger partial charge in [0.25, 0.3) is 0 Å². The van der Waals surface area contributed by atoms with Gasteiger partial charge < -0.3 is 5.32 Å². The highest BCUT2D eigenvalue weighted by Crippen LogP contribution is 2.33. The molecular formula is C21H25F3N2O3S. The molecule has 0 unspecified atom stereocenters. The molecule has 1 amide bonds. The van der Waals surface area contributed by atoms with E-state index in [-0.39, 0.29) is 5.69 Å². The van der Waals surface area contributed by atoms with Crippen LogP contribution in [-0.4, -0.2) is 26.6 Å². The summed E-state index contributed by atoms with van der Waals surface area (Å²) < 4.78 is 64.6. The van der Waals surface area contributed by atoms with Gasteiger partial charge in [0.15, 0.2) is 0 Å². The Hall–Kier alpha value is -2.55. The highest BCUT2D eigenvalue weighted by Gasteiger charge is 2.34. The molecule has 2 aromatic carbocycles. The molecule has 0 aliphatic heterocycles. The van der Waals surface area contributed by atoms with Gasteiger partial charge in [-0.25, -0.2) is 8.42 Å². The number of carbonyl (C=O) groups is 1. The van der Waals surface area contributed by atoms with Gasteiger partial charge in [-0.1, -0.05) is 24.3 Å². The fourth-order valence-electron chi connectivity index (χ4n) is 3.08. The van der Waals surface area contributed by atoms with Crippen LogP contribution in [0.1, 0.15) is 42.1 Å². The second-order valence-electron chi connectivity index (χ2n) is 7.36. The van der Waals surface area contributed by atoms with Crippen LogP contribution in [0.15, 0.2) is 42.5 Å². The Morgan fingerprint density at radius 2 is 1.67 bits per heavy atom. The lowest BCUT2D eigenvalue weighted by molar-refractivity contribution is -0.137. The van der Waals surface area contributed by atoms with Gasteiger partial charge in [-0.05, 0) is 62.6 Å². The topological polar surface area (TPSA) is 66.5 Å². The number of carbonyl (C=O) groups excluding carboxylic acids is 1. The van der Waals surface area contributed by atoms with Crippen LogP contribution >= 0.6 is 0 Å². The standard InChI is InChI=1S/C21H25F3N2O3S/c1-13-9-10-17(11-14(13)2)15(3)25-20(27)16(4)26(30(5,28)29)19-8-6-7-18(12-19)21(22,23)24/h6-12,15-16H,1-5H3,(H,25,27)/t15-,16-/m1/s1. The summed E-state index contributed by atoms with van der Waals surface area (Å²) in [5, 5.41) is 2.74. The van der Waals surface area contributed by atoms with Crippen molar-refractivity contribution in [1.29, 1.82) is 0 Å². The molecule has 0 spiro atoms. The maximum Gasteiger partial charge on any atom is 0.416 e. The van der Waals surface area contributed by atoms with Crippen molar-refractivity contribution >= 4 is 21.6 Å². The van der Waals surface area contributed by atoms with Crippen LogP contribution in [0.2, 0.25) is 0 Å². The van der Waals surface area contributed by atoms with Gasteiger partial charge >= 0.3 is 6.18 Å². The summed E-state index contributed by atoms with van der Waals surface area (Å²) in [6, 6.07) is 7.94. The molecule has 9 heteroatoms. The van der Waals surface area contributed by atoms with E-state index in [0.717, 1.165) is 41.1 Å². The number of nitrogens with one attached hydrogen (secondary N) is 1. The van der Waals surface area contributed by atoms with E-state index in [1.165, 1.54) is 13.0 Å². The second-order valence-corrected chi connectivity index (χ2v) is 9.22. The minimum Gasteiger partial charge on any atom is -0.348 e. The summed E-state index contributed by atoms with van der Waals surface area (Å²) in [5.41, 5.74) is 1.75. The normalized spacial score (nSPS) is 14.1. The summed E-state index contributed by atoms with van der Waals surface area (Å²) in [6.07, 6.45) is -3.79. The fourth-order valence-corrected chi connectivity index (χ4v) is 4.25. The molecule has 1 N–H and O–H groups in total. The number of halogens is 3. The molecule has 2 atom stereocenters. The predicted molar refractivity (Wildman–Crippen MR) is 111 cm³/mol. The van der Waals surface area contributed by atoms with Gasteiger partial charge in [0.2, 0.25) is 15.9 Å². The highest BCUT2D eigenvalue weighted by atomic mass is 32.2. The lowest BCUT2D eigenvalue weighted by Gasteiger charge is -2.29. The minimum absolute atomic E-state index is 0.228. The van der Waals surface area contributed by atoms with Crippen molar-refractivity contribution in [2.75, 3.05) is 10.6 Å². The van der Waals surface area contributed by atoms with Crippen molar-refractivity contribution in [3.05, 3.63) is 64.7 Å². The van der Waals surface area contributed by atoms with Crippen molar-refractivity contribution in [3.63, 3.8) is 0 Å². The number of alkyl halides is 3. The molecule has 0 heterocycles. The lowest BCUT2D eigenvalue weighted by Crippen LogP contribution is -2.48. The smallest absolute Gasteiger partial charge is 0.348 e. The van der Waals surface area contributed by atoms with Crippen molar-refractivity contribution in [2.45, 2.75) is 46.0 Å². The summed E-state index contributed by atoms with van der Waals surface area (Å²) in [5.74, 6) is -0.622. The van der Waals surface area contributed by atoms with Crippen LogP contribution in [0.3, 0.4) is 0 Å². The predicted octanol–water partition coefficient (Wildman–Crippen LogP) is 4.35. The first-order chi connectivity index (χ1) is 13.7. The number of aryl methyl sites for hydroxylation is 2. The fraction of sp³-hybridized carbons (Fsp3) is 0.381. The van der Waals surface area contributed by atoms with E-state index in [1.807, 2.05) is 32.0 Å². The zero-order chi connectivity index (χ0) is 22.9. The first-order valence-corrected chi connectivity index (χ1v) is 11.1. The minimum atomic E-state index is -4.64. The van der Waals surface area contributed by atoms with Gasteiger partial charge in [-0.2, -0.15) is 13.2 Å². The van der Waals surface area contributed by atoms with Crippen molar-refractivity contribution < 1.29 is 26.4 Å². The molecule has 0 bridgehead atoms. The Balaban J connectivity index is 2.32. The monoisotopic (exact) mass is 442 g/mol. The molecule has 0 fully saturated rings. The first kappa shape index (κ1) is 23.7. The van der Waals surface area contributed by atoms with Gasteiger partial charge in [0.05, 0.1) is 23.5 Å². The average molecular weight is 443 g/mol. The van der Waals surface area contributed by atoms with E-state index in [9.17, 15) is 26.4 Å². The highest BCUT2D eigenvalue weighted by molar-refractivity contribution is 7.92. The summed E-state index contributed by atoms with van der Waals surface area (Å²) in [7, 11) is -4.03. The third-order valence-corrected chi connectivity index (χ3v) is 6.15. The summed E-state index contributed by atoms with van der Waals surface area (Å²) >= 11 is 0. The van der Waals surface area contributed by atoms with Crippen LogP contribution in [0.5, 0.6) is 0 Å². The van der Waals surface area contributed by atoms with E-state index < -0.39 is 39.8 Å². The quantitative estimate of drug-likeness (QED) is 0.723. The largest absolute Gasteiger partial charge is 0.416 e. The van der Waals surface area contributed by atoms with Gasteiger partial charge in [-0.15, -0.1) is 0 Å². The maximum absolute atomic E-state index is 13.1. The number of rotatable bonds is 6. The molecule has 2 aromatic rings. The number of anilines is 1. The Kier molecular flexibility index (Phi) is 6.86. The van der Waals surface area contributed by atoms with E-state index >= 15 is 0 Å². The molecule has 0 aliphatic carbocycles. The molecular weight excluding hydrogens is 417 g/mol. The number of nitrogens with zero attached hydrogens (tertiary/aromatic N) is 1. The Labute approximate surface area is 175 Å². The maximum atomic E-state index is 13.1. The third-order valence-electron chi connectivity index (χ3n) is 4.91. The van der Waals surface area contributed by atoms with Crippen LogP contribution in [0, 0.1) is 13.8 Å². The molecule has 0 radical (unpaired) electrons. The SMILES string of the molecule is Cc1ccc([C@@H](C)NC(=O)[C@@H](C)N(c2cccc(C(F)(F)F)c2)S(C)(=O)=O)cc1C. The number of sulfonamides is 1. The molecule has 0 saturated carbocycles. The van der Waals surface area contributed by atoms with E-state index in [2.05, 4.69) is 5.32 Å². The van der Waals surface area contributed by atoms with Crippen LogP contribution in [0.4, 0.5) is 18.9 Å². The summed E-state index contributed by atoms with van der Waals surface area (Å²) in [6.45, 7) is 6.99. The van der Waals surface area contributed by atoms with Crippen molar-refractivity contribution in [1.82, 2.24) is 5.32 Å². The molecule has 30 heavy (non-hydrogen) atoms. The molecule has 5 nitrogen and oxygen atoms in total. The molecule has 164 valence electrons. The van der Waals surface area contributed by atoms with Crippen LogP contribution < -0.4 is 9.62 Å². The van der Waals surface area contributed by atoms with Crippen LogP contribution in [0.25, 0.3) is 0 Å². The average Bonchev–Trinajstić information content (AvgIpc) is 2.62. The van der Waals surface area contributed by atoms with Crippen LogP contribution in [-0.2, 0) is 21.0 Å². The third kappa shape index (κ3) is 5.53. The molecule has 0 aliphatic rings.